The smallest absolute Gasteiger partial charge is 0.130 e. The lowest BCUT2D eigenvalue weighted by Gasteiger charge is -2.14. The van der Waals surface area contributed by atoms with Gasteiger partial charge in [-0.2, -0.15) is 0 Å². The largest absolute Gasteiger partial charge is 0.497 e. The predicted octanol–water partition coefficient (Wildman–Crippen LogP) is 3.91. The highest BCUT2D eigenvalue weighted by Gasteiger charge is 2.22. The number of allylic oxidation sites excluding steroid dienone is 1. The fraction of sp³-hybridized carbons (Fsp3) is 0.385. The lowest BCUT2D eigenvalue weighted by Crippen LogP contribution is -2.12. The van der Waals surface area contributed by atoms with Crippen LogP contribution >= 0.6 is 15.9 Å². The molecule has 0 bridgehead atoms. The lowest BCUT2D eigenvalue weighted by atomic mass is 10.3. The zero-order valence-corrected chi connectivity index (χ0v) is 11.1. The van der Waals surface area contributed by atoms with E-state index in [4.69, 9.17) is 9.47 Å². The molecule has 0 saturated heterocycles. The van der Waals surface area contributed by atoms with Gasteiger partial charge >= 0.3 is 0 Å². The number of hydrogen-bond donors (Lipinski definition) is 0. The van der Waals surface area contributed by atoms with Gasteiger partial charge in [-0.25, -0.2) is 0 Å². The van der Waals surface area contributed by atoms with Crippen LogP contribution in [0.5, 0.6) is 11.5 Å². The summed E-state index contributed by atoms with van der Waals surface area (Å²) in [4.78, 5) is 0. The average Bonchev–Trinajstić information content (AvgIpc) is 2.62. The Hall–Kier alpha value is -0.960. The Kier molecular flexibility index (Phi) is 3.54. The molecule has 1 atom stereocenters. The van der Waals surface area contributed by atoms with E-state index in [9.17, 15) is 0 Å². The van der Waals surface area contributed by atoms with Gasteiger partial charge in [0.15, 0.2) is 0 Å². The fourth-order valence-corrected chi connectivity index (χ4v) is 2.32. The molecule has 0 N–H and O–H groups in total. The van der Waals surface area contributed by atoms with Crippen molar-refractivity contribution >= 4 is 15.9 Å². The van der Waals surface area contributed by atoms with Crippen LogP contribution in [0.4, 0.5) is 0 Å². The number of ether oxygens (including phenoxy) is 2. The van der Waals surface area contributed by atoms with E-state index >= 15 is 0 Å². The maximum Gasteiger partial charge on any atom is 0.130 e. The summed E-state index contributed by atoms with van der Waals surface area (Å²) in [6.07, 6.45) is 2.34. The van der Waals surface area contributed by atoms with Crippen molar-refractivity contribution < 1.29 is 9.47 Å². The van der Waals surface area contributed by atoms with Crippen LogP contribution in [0.1, 0.15) is 19.8 Å². The standard InChI is InChI=1S/C13H15BrO2/c1-9-3-8-12(13(9)14)16-11-6-4-10(15-2)5-7-11/h4-7,12H,3,8H2,1-2H3. The van der Waals surface area contributed by atoms with Crippen LogP contribution in [0.3, 0.4) is 0 Å². The van der Waals surface area contributed by atoms with Gasteiger partial charge in [0.1, 0.15) is 17.6 Å². The van der Waals surface area contributed by atoms with Crippen molar-refractivity contribution in [2.75, 3.05) is 7.11 Å². The topological polar surface area (TPSA) is 18.5 Å². The van der Waals surface area contributed by atoms with Gasteiger partial charge in [0.25, 0.3) is 0 Å². The Morgan fingerprint density at radius 2 is 1.81 bits per heavy atom. The summed E-state index contributed by atoms with van der Waals surface area (Å²) in [5, 5.41) is 0. The minimum atomic E-state index is 0.174. The molecule has 16 heavy (non-hydrogen) atoms. The molecule has 0 saturated carbocycles. The summed E-state index contributed by atoms with van der Waals surface area (Å²) < 4.78 is 12.2. The molecule has 1 aliphatic carbocycles. The molecular weight excluding hydrogens is 268 g/mol. The van der Waals surface area contributed by atoms with Crippen molar-refractivity contribution in [3.8, 4) is 11.5 Å². The van der Waals surface area contributed by atoms with Crippen LogP contribution in [0.2, 0.25) is 0 Å². The Balaban J connectivity index is 2.04. The van der Waals surface area contributed by atoms with Crippen LogP contribution in [-0.2, 0) is 0 Å². The summed E-state index contributed by atoms with van der Waals surface area (Å²) in [7, 11) is 1.66. The number of methoxy groups -OCH3 is 1. The number of halogens is 1. The first-order chi connectivity index (χ1) is 7.70. The third kappa shape index (κ3) is 2.40. The average molecular weight is 283 g/mol. The molecule has 86 valence electrons. The molecule has 0 spiro atoms. The van der Waals surface area contributed by atoms with Gasteiger partial charge in [-0.05, 0) is 44.0 Å². The van der Waals surface area contributed by atoms with Crippen LogP contribution in [0.15, 0.2) is 34.3 Å². The number of rotatable bonds is 3. The summed E-state index contributed by atoms with van der Waals surface area (Å²) in [5.74, 6) is 1.74. The van der Waals surface area contributed by atoms with E-state index in [-0.39, 0.29) is 6.10 Å². The van der Waals surface area contributed by atoms with E-state index in [2.05, 4.69) is 22.9 Å². The number of hydrogen-bond acceptors (Lipinski definition) is 2. The third-order valence-electron chi connectivity index (χ3n) is 2.81. The predicted molar refractivity (Wildman–Crippen MR) is 68.3 cm³/mol. The van der Waals surface area contributed by atoms with Crippen molar-refractivity contribution in [1.82, 2.24) is 0 Å². The van der Waals surface area contributed by atoms with Gasteiger partial charge in [0, 0.05) is 4.48 Å². The van der Waals surface area contributed by atoms with Gasteiger partial charge in [-0.3, -0.25) is 0 Å². The molecule has 2 nitrogen and oxygen atoms in total. The minimum Gasteiger partial charge on any atom is -0.497 e. The SMILES string of the molecule is COc1ccc(OC2CCC(C)=C2Br)cc1. The second-order valence-corrected chi connectivity index (χ2v) is 4.80. The quantitative estimate of drug-likeness (QED) is 0.837. The van der Waals surface area contributed by atoms with Gasteiger partial charge in [0.2, 0.25) is 0 Å². The maximum absolute atomic E-state index is 5.90. The molecule has 0 aliphatic heterocycles. The van der Waals surface area contributed by atoms with Crippen LogP contribution < -0.4 is 9.47 Å². The minimum absolute atomic E-state index is 0.174. The van der Waals surface area contributed by atoms with Crippen LogP contribution in [0, 0.1) is 0 Å². The monoisotopic (exact) mass is 282 g/mol. The van der Waals surface area contributed by atoms with E-state index in [1.54, 1.807) is 7.11 Å². The van der Waals surface area contributed by atoms with Crippen molar-refractivity contribution in [3.63, 3.8) is 0 Å². The lowest BCUT2D eigenvalue weighted by molar-refractivity contribution is 0.246. The van der Waals surface area contributed by atoms with Gasteiger partial charge in [0.05, 0.1) is 7.11 Å². The first-order valence-corrected chi connectivity index (χ1v) is 6.16. The maximum atomic E-state index is 5.90. The molecule has 1 unspecified atom stereocenters. The van der Waals surface area contributed by atoms with Crippen LogP contribution in [-0.4, -0.2) is 13.2 Å². The summed E-state index contributed by atoms with van der Waals surface area (Å²) in [6, 6.07) is 7.70. The van der Waals surface area contributed by atoms with E-state index in [1.165, 1.54) is 10.1 Å². The molecule has 0 fully saturated rings. The molecule has 0 amide bonds. The zero-order chi connectivity index (χ0) is 11.5. The molecule has 3 heteroatoms. The second-order valence-electron chi connectivity index (χ2n) is 3.95. The molecule has 0 radical (unpaired) electrons. The molecule has 2 rings (SSSR count). The molecule has 0 heterocycles. The first-order valence-electron chi connectivity index (χ1n) is 5.36. The van der Waals surface area contributed by atoms with Crippen molar-refractivity contribution in [3.05, 3.63) is 34.3 Å². The highest BCUT2D eigenvalue weighted by molar-refractivity contribution is 9.11. The van der Waals surface area contributed by atoms with Gasteiger partial charge in [-0.15, -0.1) is 0 Å². The van der Waals surface area contributed by atoms with E-state index in [0.717, 1.165) is 24.3 Å². The molecule has 1 aromatic carbocycles. The Morgan fingerprint density at radius 1 is 1.19 bits per heavy atom. The Bertz CT molecular complexity index is 395. The van der Waals surface area contributed by atoms with Gasteiger partial charge < -0.3 is 9.47 Å². The van der Waals surface area contributed by atoms with E-state index in [0.29, 0.717) is 0 Å². The number of benzene rings is 1. The second kappa shape index (κ2) is 4.91. The molecular formula is C13H15BrO2. The molecule has 1 aromatic rings. The van der Waals surface area contributed by atoms with Crippen molar-refractivity contribution in [2.45, 2.75) is 25.9 Å². The highest BCUT2D eigenvalue weighted by atomic mass is 79.9. The molecule has 1 aliphatic rings. The normalized spacial score (nSPS) is 20.1. The van der Waals surface area contributed by atoms with Crippen molar-refractivity contribution in [2.24, 2.45) is 0 Å². The van der Waals surface area contributed by atoms with E-state index < -0.39 is 0 Å². The highest BCUT2D eigenvalue weighted by Crippen LogP contribution is 2.33. The van der Waals surface area contributed by atoms with E-state index in [1.807, 2.05) is 24.3 Å². The van der Waals surface area contributed by atoms with Crippen LogP contribution in [0.25, 0.3) is 0 Å². The fourth-order valence-electron chi connectivity index (χ4n) is 1.80. The Morgan fingerprint density at radius 3 is 2.31 bits per heavy atom. The summed E-state index contributed by atoms with van der Waals surface area (Å²) >= 11 is 3.59. The summed E-state index contributed by atoms with van der Waals surface area (Å²) in [6.45, 7) is 2.14. The molecule has 0 aromatic heterocycles. The Labute approximate surface area is 104 Å². The van der Waals surface area contributed by atoms with Crippen molar-refractivity contribution in [1.29, 1.82) is 0 Å². The first kappa shape index (κ1) is 11.5. The third-order valence-corrected chi connectivity index (χ3v) is 4.00. The summed E-state index contributed by atoms with van der Waals surface area (Å²) in [5.41, 5.74) is 1.39. The zero-order valence-electron chi connectivity index (χ0n) is 9.50. The van der Waals surface area contributed by atoms with Gasteiger partial charge in [-0.1, -0.05) is 21.5 Å².